The van der Waals surface area contributed by atoms with Crippen molar-refractivity contribution in [1.29, 1.82) is 0 Å². The van der Waals surface area contributed by atoms with Crippen LogP contribution in [0.4, 0.5) is 0 Å². The zero-order chi connectivity index (χ0) is 13.5. The quantitative estimate of drug-likeness (QED) is 0.691. The molecule has 2 rings (SSSR count). The van der Waals surface area contributed by atoms with Crippen LogP contribution in [0.25, 0.3) is 0 Å². The van der Waals surface area contributed by atoms with Gasteiger partial charge in [-0.15, -0.1) is 5.10 Å². The Balaban J connectivity index is 1.79. The number of aromatic nitrogens is 4. The molecule has 1 aromatic heterocycles. The van der Waals surface area contributed by atoms with Crippen molar-refractivity contribution in [3.8, 4) is 0 Å². The summed E-state index contributed by atoms with van der Waals surface area (Å²) in [6.45, 7) is 3.54. The topological polar surface area (TPSA) is 88.4 Å². The first-order valence-electron chi connectivity index (χ1n) is 6.47. The largest absolute Gasteiger partial charge is 0.460 e. The van der Waals surface area contributed by atoms with E-state index in [0.29, 0.717) is 13.2 Å². The van der Waals surface area contributed by atoms with E-state index in [4.69, 9.17) is 14.2 Å². The van der Waals surface area contributed by atoms with E-state index in [-0.39, 0.29) is 18.7 Å². The number of hydrogen-bond acceptors (Lipinski definition) is 7. The second-order valence-corrected chi connectivity index (χ2v) is 4.11. The summed E-state index contributed by atoms with van der Waals surface area (Å²) >= 11 is 0. The summed E-state index contributed by atoms with van der Waals surface area (Å²) in [4.78, 5) is 11.5. The molecular formula is C11H18N4O4. The van der Waals surface area contributed by atoms with Gasteiger partial charge in [-0.3, -0.25) is 0 Å². The van der Waals surface area contributed by atoms with Gasteiger partial charge in [-0.1, -0.05) is 0 Å². The number of esters is 1. The minimum absolute atomic E-state index is 0.0926. The molecule has 0 bridgehead atoms. The fraction of sp³-hybridized carbons (Fsp3) is 0.818. The Hall–Kier alpha value is -1.54. The normalized spacial score (nSPS) is 19.3. The fourth-order valence-corrected chi connectivity index (χ4v) is 1.81. The lowest BCUT2D eigenvalue weighted by Gasteiger charge is -2.22. The van der Waals surface area contributed by atoms with Gasteiger partial charge in [-0.25, -0.2) is 9.48 Å². The molecular weight excluding hydrogens is 252 g/mol. The maximum Gasteiger partial charge on any atom is 0.378 e. The number of rotatable bonds is 6. The smallest absolute Gasteiger partial charge is 0.378 e. The van der Waals surface area contributed by atoms with E-state index < -0.39 is 5.97 Å². The molecule has 8 nitrogen and oxygen atoms in total. The van der Waals surface area contributed by atoms with Gasteiger partial charge in [0.25, 0.3) is 5.82 Å². The first-order valence-corrected chi connectivity index (χ1v) is 6.47. The maximum absolute atomic E-state index is 11.5. The first kappa shape index (κ1) is 13.9. The van der Waals surface area contributed by atoms with E-state index in [1.54, 1.807) is 6.92 Å². The monoisotopic (exact) mass is 270 g/mol. The van der Waals surface area contributed by atoms with Crippen molar-refractivity contribution in [2.75, 3.05) is 19.8 Å². The molecule has 1 saturated heterocycles. The van der Waals surface area contributed by atoms with Gasteiger partial charge >= 0.3 is 5.97 Å². The van der Waals surface area contributed by atoms with E-state index in [2.05, 4.69) is 15.5 Å². The molecule has 1 fully saturated rings. The zero-order valence-corrected chi connectivity index (χ0v) is 10.9. The second-order valence-electron chi connectivity index (χ2n) is 4.11. The molecule has 0 spiro atoms. The third-order valence-corrected chi connectivity index (χ3v) is 2.73. The number of tetrazole rings is 1. The summed E-state index contributed by atoms with van der Waals surface area (Å²) in [5.41, 5.74) is 0. The summed E-state index contributed by atoms with van der Waals surface area (Å²) in [6.07, 6.45) is 2.94. The molecule has 0 radical (unpaired) electrons. The van der Waals surface area contributed by atoms with Crippen molar-refractivity contribution < 1.29 is 19.0 Å². The third kappa shape index (κ3) is 3.97. The van der Waals surface area contributed by atoms with Crippen LogP contribution in [-0.2, 0) is 20.8 Å². The summed E-state index contributed by atoms with van der Waals surface area (Å²) in [6, 6.07) is 0. The number of nitrogens with zero attached hydrogens (tertiary/aromatic N) is 4. The Morgan fingerprint density at radius 2 is 2.42 bits per heavy atom. The van der Waals surface area contributed by atoms with Crippen LogP contribution in [0.15, 0.2) is 0 Å². The van der Waals surface area contributed by atoms with Gasteiger partial charge in [0.1, 0.15) is 0 Å². The molecule has 1 atom stereocenters. The van der Waals surface area contributed by atoms with E-state index in [1.165, 1.54) is 4.68 Å². The van der Waals surface area contributed by atoms with Crippen LogP contribution < -0.4 is 0 Å². The Kier molecular flexibility index (Phi) is 5.22. The molecule has 0 saturated carbocycles. The van der Waals surface area contributed by atoms with Gasteiger partial charge < -0.3 is 14.2 Å². The minimum Gasteiger partial charge on any atom is -0.460 e. The molecule has 0 amide bonds. The SMILES string of the molecule is CCOC(=O)c1nnnn1CCOC1CCCCO1. The Morgan fingerprint density at radius 3 is 3.16 bits per heavy atom. The van der Waals surface area contributed by atoms with Gasteiger partial charge in [0.05, 0.1) is 19.8 Å². The van der Waals surface area contributed by atoms with Gasteiger partial charge in [-0.05, 0) is 36.6 Å². The Morgan fingerprint density at radius 1 is 1.53 bits per heavy atom. The van der Waals surface area contributed by atoms with Crippen molar-refractivity contribution in [2.24, 2.45) is 0 Å². The highest BCUT2D eigenvalue weighted by Crippen LogP contribution is 2.13. The molecule has 1 aromatic rings. The Labute approximate surface area is 111 Å². The second kappa shape index (κ2) is 7.15. The van der Waals surface area contributed by atoms with Crippen LogP contribution in [0, 0.1) is 0 Å². The standard InChI is InChI=1S/C11H18N4O4/c1-2-17-11(16)10-12-13-14-15(10)6-8-19-9-5-3-4-7-18-9/h9H,2-8H2,1H3. The van der Waals surface area contributed by atoms with Crippen molar-refractivity contribution >= 4 is 5.97 Å². The van der Waals surface area contributed by atoms with Crippen LogP contribution in [0.2, 0.25) is 0 Å². The lowest BCUT2D eigenvalue weighted by Crippen LogP contribution is -2.25. The molecule has 0 aromatic carbocycles. The van der Waals surface area contributed by atoms with E-state index in [0.717, 1.165) is 25.9 Å². The number of hydrogen-bond donors (Lipinski definition) is 0. The molecule has 0 aliphatic carbocycles. The van der Waals surface area contributed by atoms with Crippen molar-refractivity contribution in [2.45, 2.75) is 39.0 Å². The molecule has 106 valence electrons. The minimum atomic E-state index is -0.526. The number of carbonyl (C=O) groups is 1. The van der Waals surface area contributed by atoms with Crippen molar-refractivity contribution in [1.82, 2.24) is 20.2 Å². The molecule has 1 unspecified atom stereocenters. The number of carbonyl (C=O) groups excluding carboxylic acids is 1. The first-order chi connectivity index (χ1) is 9.31. The lowest BCUT2D eigenvalue weighted by molar-refractivity contribution is -0.163. The molecule has 0 N–H and O–H groups in total. The lowest BCUT2D eigenvalue weighted by atomic mass is 10.2. The average molecular weight is 270 g/mol. The summed E-state index contributed by atoms with van der Waals surface area (Å²) in [7, 11) is 0. The van der Waals surface area contributed by atoms with Crippen LogP contribution in [-0.4, -0.2) is 52.3 Å². The highest BCUT2D eigenvalue weighted by atomic mass is 16.7. The van der Waals surface area contributed by atoms with Gasteiger partial charge in [0.15, 0.2) is 6.29 Å². The van der Waals surface area contributed by atoms with E-state index in [1.807, 2.05) is 0 Å². The highest BCUT2D eigenvalue weighted by molar-refractivity contribution is 5.85. The van der Waals surface area contributed by atoms with Gasteiger partial charge in [0, 0.05) is 6.61 Å². The van der Waals surface area contributed by atoms with Crippen molar-refractivity contribution in [3.05, 3.63) is 5.82 Å². The van der Waals surface area contributed by atoms with E-state index >= 15 is 0 Å². The van der Waals surface area contributed by atoms with Crippen LogP contribution in [0.1, 0.15) is 36.8 Å². The fourth-order valence-electron chi connectivity index (χ4n) is 1.81. The summed E-state index contributed by atoms with van der Waals surface area (Å²) in [5.74, 6) is -0.434. The van der Waals surface area contributed by atoms with Crippen LogP contribution in [0.5, 0.6) is 0 Å². The molecule has 19 heavy (non-hydrogen) atoms. The van der Waals surface area contributed by atoms with Crippen LogP contribution >= 0.6 is 0 Å². The van der Waals surface area contributed by atoms with E-state index in [9.17, 15) is 4.79 Å². The molecule has 2 heterocycles. The third-order valence-electron chi connectivity index (χ3n) is 2.73. The number of ether oxygens (including phenoxy) is 3. The summed E-state index contributed by atoms with van der Waals surface area (Å²) < 4.78 is 17.2. The zero-order valence-electron chi connectivity index (χ0n) is 10.9. The van der Waals surface area contributed by atoms with Gasteiger partial charge in [0.2, 0.25) is 0 Å². The Bertz CT molecular complexity index is 403. The maximum atomic E-state index is 11.5. The van der Waals surface area contributed by atoms with Crippen LogP contribution in [0.3, 0.4) is 0 Å². The van der Waals surface area contributed by atoms with Gasteiger partial charge in [-0.2, -0.15) is 0 Å². The predicted molar refractivity (Wildman–Crippen MR) is 63.3 cm³/mol. The molecule has 8 heteroatoms. The highest BCUT2D eigenvalue weighted by Gasteiger charge is 2.18. The average Bonchev–Trinajstić information content (AvgIpc) is 2.89. The predicted octanol–water partition coefficient (Wildman–Crippen LogP) is 0.393. The molecule has 1 aliphatic heterocycles. The van der Waals surface area contributed by atoms with Crippen molar-refractivity contribution in [3.63, 3.8) is 0 Å². The molecule has 1 aliphatic rings. The summed E-state index contributed by atoms with van der Waals surface area (Å²) in [5, 5.41) is 10.8.